The van der Waals surface area contributed by atoms with E-state index in [0.29, 0.717) is 5.75 Å². The molecule has 23 heavy (non-hydrogen) atoms. The lowest BCUT2D eigenvalue weighted by Gasteiger charge is -2.14. The Morgan fingerprint density at radius 3 is 2.30 bits per heavy atom. The third kappa shape index (κ3) is 4.33. The van der Waals surface area contributed by atoms with E-state index in [2.05, 4.69) is 4.72 Å². The topological polar surface area (TPSA) is 55.4 Å². The van der Waals surface area contributed by atoms with Crippen LogP contribution in [0.5, 0.6) is 5.75 Å². The van der Waals surface area contributed by atoms with E-state index < -0.39 is 10.0 Å². The van der Waals surface area contributed by atoms with Gasteiger partial charge in [0, 0.05) is 6.54 Å². The molecule has 0 aliphatic carbocycles. The third-order valence-electron chi connectivity index (χ3n) is 3.73. The molecule has 0 amide bonds. The number of hydrogen-bond acceptors (Lipinski definition) is 3. The largest absolute Gasteiger partial charge is 0.495 e. The fraction of sp³-hybridized carbons (Fsp3) is 0.333. The van der Waals surface area contributed by atoms with Gasteiger partial charge in [-0.3, -0.25) is 0 Å². The van der Waals surface area contributed by atoms with Crippen molar-refractivity contribution in [3.8, 4) is 5.75 Å². The van der Waals surface area contributed by atoms with Crippen molar-refractivity contribution in [1.82, 2.24) is 4.72 Å². The summed E-state index contributed by atoms with van der Waals surface area (Å²) in [6.07, 6.45) is 0. The first-order chi connectivity index (χ1) is 10.8. The molecule has 2 aromatic carbocycles. The summed E-state index contributed by atoms with van der Waals surface area (Å²) >= 11 is 0. The molecule has 0 spiro atoms. The minimum absolute atomic E-state index is 0.179. The Balaban J connectivity index is 2.27. The van der Waals surface area contributed by atoms with Crippen molar-refractivity contribution in [3.63, 3.8) is 0 Å². The molecule has 0 unspecified atom stereocenters. The second-order valence-electron chi connectivity index (χ2n) is 5.88. The van der Waals surface area contributed by atoms with Crippen LogP contribution in [0.4, 0.5) is 0 Å². The summed E-state index contributed by atoms with van der Waals surface area (Å²) in [5.74, 6) is 0.595. The first-order valence-corrected chi connectivity index (χ1v) is 9.05. The molecule has 124 valence electrons. The SMILES string of the molecule is COc1ccc(C(C)C)cc1S(=O)(=O)NCc1ccc(C)cc1. The molecule has 2 aromatic rings. The summed E-state index contributed by atoms with van der Waals surface area (Å²) in [7, 11) is -2.17. The van der Waals surface area contributed by atoms with Crippen molar-refractivity contribution in [2.75, 3.05) is 7.11 Å². The molecular formula is C18H23NO3S. The van der Waals surface area contributed by atoms with Crippen LogP contribution in [-0.2, 0) is 16.6 Å². The van der Waals surface area contributed by atoms with E-state index in [-0.39, 0.29) is 17.4 Å². The van der Waals surface area contributed by atoms with Crippen LogP contribution >= 0.6 is 0 Å². The zero-order chi connectivity index (χ0) is 17.0. The summed E-state index contributed by atoms with van der Waals surface area (Å²) in [5.41, 5.74) is 3.02. The fourth-order valence-corrected chi connectivity index (χ4v) is 3.44. The quantitative estimate of drug-likeness (QED) is 0.878. The second kappa shape index (κ2) is 7.15. The zero-order valence-electron chi connectivity index (χ0n) is 14.0. The van der Waals surface area contributed by atoms with Crippen molar-refractivity contribution < 1.29 is 13.2 Å². The molecule has 5 heteroatoms. The van der Waals surface area contributed by atoms with Gasteiger partial charge in [-0.1, -0.05) is 49.7 Å². The highest BCUT2D eigenvalue weighted by Gasteiger charge is 2.20. The molecule has 0 saturated heterocycles. The van der Waals surface area contributed by atoms with Crippen LogP contribution in [0, 0.1) is 6.92 Å². The van der Waals surface area contributed by atoms with Crippen molar-refractivity contribution in [2.45, 2.75) is 38.1 Å². The van der Waals surface area contributed by atoms with Gasteiger partial charge in [0.1, 0.15) is 10.6 Å². The summed E-state index contributed by atoms with van der Waals surface area (Å²) in [6.45, 7) is 6.30. The van der Waals surface area contributed by atoms with Crippen LogP contribution in [0.1, 0.15) is 36.5 Å². The molecule has 0 saturated carbocycles. The van der Waals surface area contributed by atoms with Crippen LogP contribution in [0.2, 0.25) is 0 Å². The van der Waals surface area contributed by atoms with Crippen LogP contribution in [0.15, 0.2) is 47.4 Å². The number of aryl methyl sites for hydroxylation is 1. The van der Waals surface area contributed by atoms with E-state index >= 15 is 0 Å². The number of hydrogen-bond donors (Lipinski definition) is 1. The number of ether oxygens (including phenoxy) is 1. The summed E-state index contributed by atoms with van der Waals surface area (Å²) in [5, 5.41) is 0. The Morgan fingerprint density at radius 2 is 1.74 bits per heavy atom. The average molecular weight is 333 g/mol. The Hall–Kier alpha value is -1.85. The highest BCUT2D eigenvalue weighted by molar-refractivity contribution is 7.89. The maximum absolute atomic E-state index is 12.6. The molecule has 0 fully saturated rings. The van der Waals surface area contributed by atoms with Gasteiger partial charge in [0.05, 0.1) is 7.11 Å². The van der Waals surface area contributed by atoms with Crippen molar-refractivity contribution in [3.05, 3.63) is 59.2 Å². The Labute approximate surface area is 138 Å². The smallest absolute Gasteiger partial charge is 0.244 e. The Bertz CT molecular complexity index is 765. The van der Waals surface area contributed by atoms with Crippen LogP contribution in [0.3, 0.4) is 0 Å². The molecule has 0 atom stereocenters. The molecule has 0 aliphatic rings. The van der Waals surface area contributed by atoms with Crippen LogP contribution in [0.25, 0.3) is 0 Å². The van der Waals surface area contributed by atoms with Gasteiger partial charge in [-0.05, 0) is 36.1 Å². The van der Waals surface area contributed by atoms with E-state index in [1.165, 1.54) is 7.11 Å². The fourth-order valence-electron chi connectivity index (χ4n) is 2.22. The molecule has 1 N–H and O–H groups in total. The minimum Gasteiger partial charge on any atom is -0.495 e. The number of nitrogens with one attached hydrogen (secondary N) is 1. The highest BCUT2D eigenvalue weighted by atomic mass is 32.2. The maximum Gasteiger partial charge on any atom is 0.244 e. The Morgan fingerprint density at radius 1 is 1.09 bits per heavy atom. The molecule has 0 aliphatic heterocycles. The first-order valence-electron chi connectivity index (χ1n) is 7.56. The number of methoxy groups -OCH3 is 1. The lowest BCUT2D eigenvalue weighted by atomic mass is 10.0. The van der Waals surface area contributed by atoms with Gasteiger partial charge >= 0.3 is 0 Å². The predicted molar refractivity (Wildman–Crippen MR) is 92.3 cm³/mol. The molecule has 0 aromatic heterocycles. The Kier molecular flexibility index (Phi) is 5.44. The van der Waals surface area contributed by atoms with Gasteiger partial charge in [0.2, 0.25) is 10.0 Å². The van der Waals surface area contributed by atoms with Gasteiger partial charge in [-0.25, -0.2) is 13.1 Å². The predicted octanol–water partition coefficient (Wildman–Crippen LogP) is 3.61. The number of rotatable bonds is 6. The summed E-state index contributed by atoms with van der Waals surface area (Å²) in [6, 6.07) is 13.0. The lowest BCUT2D eigenvalue weighted by molar-refractivity contribution is 0.402. The third-order valence-corrected chi connectivity index (χ3v) is 5.15. The number of benzene rings is 2. The summed E-state index contributed by atoms with van der Waals surface area (Å²) < 4.78 is 33.1. The molecule has 0 bridgehead atoms. The van der Waals surface area contributed by atoms with Crippen molar-refractivity contribution in [1.29, 1.82) is 0 Å². The van der Waals surface area contributed by atoms with Gasteiger partial charge < -0.3 is 4.74 Å². The maximum atomic E-state index is 12.6. The molecule has 0 heterocycles. The minimum atomic E-state index is -3.64. The molecule has 0 radical (unpaired) electrons. The van der Waals surface area contributed by atoms with E-state index in [1.807, 2.05) is 51.1 Å². The standard InChI is InChI=1S/C18H23NO3S/c1-13(2)16-9-10-17(22-4)18(11-16)23(20,21)19-12-15-7-5-14(3)6-8-15/h5-11,13,19H,12H2,1-4H3. The number of sulfonamides is 1. The molecular weight excluding hydrogens is 310 g/mol. The van der Waals surface area contributed by atoms with E-state index in [9.17, 15) is 8.42 Å². The van der Waals surface area contributed by atoms with Gasteiger partial charge in [-0.2, -0.15) is 0 Å². The lowest BCUT2D eigenvalue weighted by Crippen LogP contribution is -2.24. The van der Waals surface area contributed by atoms with Gasteiger partial charge in [0.15, 0.2) is 0 Å². The van der Waals surface area contributed by atoms with Gasteiger partial charge in [-0.15, -0.1) is 0 Å². The average Bonchev–Trinajstić information content (AvgIpc) is 2.53. The molecule has 2 rings (SSSR count). The highest BCUT2D eigenvalue weighted by Crippen LogP contribution is 2.28. The zero-order valence-corrected chi connectivity index (χ0v) is 14.8. The van der Waals surface area contributed by atoms with Crippen molar-refractivity contribution in [2.24, 2.45) is 0 Å². The summed E-state index contributed by atoms with van der Waals surface area (Å²) in [4.78, 5) is 0.179. The van der Waals surface area contributed by atoms with E-state index in [1.54, 1.807) is 12.1 Å². The van der Waals surface area contributed by atoms with E-state index in [4.69, 9.17) is 4.74 Å². The van der Waals surface area contributed by atoms with Crippen molar-refractivity contribution >= 4 is 10.0 Å². The van der Waals surface area contributed by atoms with Gasteiger partial charge in [0.25, 0.3) is 0 Å². The van der Waals surface area contributed by atoms with Crippen LogP contribution < -0.4 is 9.46 Å². The van der Waals surface area contributed by atoms with E-state index in [0.717, 1.165) is 16.7 Å². The molecule has 4 nitrogen and oxygen atoms in total. The monoisotopic (exact) mass is 333 g/mol. The first kappa shape index (κ1) is 17.5. The van der Waals surface area contributed by atoms with Crippen LogP contribution in [-0.4, -0.2) is 15.5 Å². The normalized spacial score (nSPS) is 11.7. The second-order valence-corrected chi connectivity index (χ2v) is 7.61.